The molecule has 8 nitrogen and oxygen atoms in total. The van der Waals surface area contributed by atoms with Gasteiger partial charge in [-0.2, -0.15) is 17.5 Å². The third-order valence-corrected chi connectivity index (χ3v) is 7.27. The molecule has 2 heterocycles. The molecule has 2 aromatic rings. The maximum atomic E-state index is 12.9. The average molecular weight is 485 g/mol. The number of rotatable bonds is 4. The zero-order chi connectivity index (χ0) is 23.6. The molecule has 2 amide bonds. The highest BCUT2D eigenvalue weighted by Gasteiger charge is 2.34. The van der Waals surface area contributed by atoms with Gasteiger partial charge in [0.05, 0.1) is 10.5 Å². The van der Waals surface area contributed by atoms with Gasteiger partial charge < -0.3 is 19.7 Å². The van der Waals surface area contributed by atoms with Gasteiger partial charge >= 0.3 is 12.2 Å². The lowest BCUT2D eigenvalue weighted by molar-refractivity contribution is -0.137. The lowest BCUT2D eigenvalue weighted by Crippen LogP contribution is -2.52. The molecule has 33 heavy (non-hydrogen) atoms. The lowest BCUT2D eigenvalue weighted by Gasteiger charge is -2.34. The summed E-state index contributed by atoms with van der Waals surface area (Å²) in [7, 11) is -4.11. The number of piperazine rings is 1. The van der Waals surface area contributed by atoms with Gasteiger partial charge in [-0.15, -0.1) is 0 Å². The Bertz CT molecular complexity index is 1130. The number of halogens is 3. The second-order valence-electron chi connectivity index (χ2n) is 7.55. The Labute approximate surface area is 188 Å². The fraction of sp³-hybridized carbons (Fsp3) is 0.381. The zero-order valence-electron chi connectivity index (χ0n) is 17.5. The normalized spacial score (nSPS) is 17.0. The van der Waals surface area contributed by atoms with Crippen LogP contribution in [-0.4, -0.2) is 63.0 Å². The van der Waals surface area contributed by atoms with Gasteiger partial charge in [-0.3, -0.25) is 0 Å². The van der Waals surface area contributed by atoms with E-state index in [2.05, 4.69) is 5.32 Å². The molecule has 0 aromatic heterocycles. The van der Waals surface area contributed by atoms with E-state index >= 15 is 0 Å². The van der Waals surface area contributed by atoms with Gasteiger partial charge in [-0.1, -0.05) is 12.1 Å². The SMILES string of the molecule is O=C(NCc1ccc2c(c1)OCCO2)N1CCN(S(=O)(=O)c2cccc(C(F)(F)F)c2)CC1. The standard InChI is InChI=1S/C21H22F3N3O5S/c22-21(23,24)16-2-1-3-17(13-16)33(29,30)27-8-6-26(7-9-27)20(28)25-14-15-4-5-18-19(12-15)32-11-10-31-18/h1-5,12-13H,6-11,14H2,(H,25,28). The van der Waals surface area contributed by atoms with Crippen LogP contribution >= 0.6 is 0 Å². The van der Waals surface area contributed by atoms with Crippen LogP contribution in [0.2, 0.25) is 0 Å². The predicted molar refractivity (Wildman–Crippen MR) is 111 cm³/mol. The molecule has 0 spiro atoms. The monoisotopic (exact) mass is 485 g/mol. The number of ether oxygens (including phenoxy) is 2. The van der Waals surface area contributed by atoms with Gasteiger partial charge in [0.1, 0.15) is 13.2 Å². The Hall–Kier alpha value is -2.99. The molecule has 1 fully saturated rings. The van der Waals surface area contributed by atoms with Crippen molar-refractivity contribution in [1.29, 1.82) is 0 Å². The maximum Gasteiger partial charge on any atom is 0.416 e. The van der Waals surface area contributed by atoms with Crippen molar-refractivity contribution in [2.45, 2.75) is 17.6 Å². The summed E-state index contributed by atoms with van der Waals surface area (Å²) in [5.74, 6) is 1.26. The van der Waals surface area contributed by atoms with E-state index < -0.39 is 26.7 Å². The van der Waals surface area contributed by atoms with Crippen molar-refractivity contribution in [3.8, 4) is 11.5 Å². The number of carbonyl (C=O) groups is 1. The number of fused-ring (bicyclic) bond motifs is 1. The first-order valence-corrected chi connectivity index (χ1v) is 11.7. The van der Waals surface area contributed by atoms with E-state index in [9.17, 15) is 26.4 Å². The summed E-state index contributed by atoms with van der Waals surface area (Å²) in [5, 5.41) is 2.78. The molecule has 2 aliphatic heterocycles. The zero-order valence-corrected chi connectivity index (χ0v) is 18.3. The Balaban J connectivity index is 1.33. The van der Waals surface area contributed by atoms with Crippen molar-refractivity contribution >= 4 is 16.1 Å². The van der Waals surface area contributed by atoms with E-state index in [0.29, 0.717) is 30.8 Å². The number of sulfonamides is 1. The molecule has 4 rings (SSSR count). The molecule has 178 valence electrons. The molecular formula is C21H22F3N3O5S. The summed E-state index contributed by atoms with van der Waals surface area (Å²) >= 11 is 0. The van der Waals surface area contributed by atoms with Gasteiger partial charge in [0, 0.05) is 32.7 Å². The molecule has 0 atom stereocenters. The van der Waals surface area contributed by atoms with Crippen molar-refractivity contribution in [3.05, 3.63) is 53.6 Å². The van der Waals surface area contributed by atoms with Crippen molar-refractivity contribution in [1.82, 2.24) is 14.5 Å². The van der Waals surface area contributed by atoms with Gasteiger partial charge in [0.2, 0.25) is 10.0 Å². The van der Waals surface area contributed by atoms with E-state index in [1.54, 1.807) is 12.1 Å². The largest absolute Gasteiger partial charge is 0.486 e. The minimum atomic E-state index is -4.64. The molecule has 0 radical (unpaired) electrons. The number of hydrogen-bond donors (Lipinski definition) is 1. The molecule has 0 bridgehead atoms. The van der Waals surface area contributed by atoms with Crippen LogP contribution in [0.25, 0.3) is 0 Å². The third-order valence-electron chi connectivity index (χ3n) is 5.38. The molecule has 1 N–H and O–H groups in total. The summed E-state index contributed by atoms with van der Waals surface area (Å²) in [5.41, 5.74) is -0.209. The van der Waals surface area contributed by atoms with Crippen LogP contribution in [0.4, 0.5) is 18.0 Å². The minimum Gasteiger partial charge on any atom is -0.486 e. The van der Waals surface area contributed by atoms with Crippen LogP contribution in [0.1, 0.15) is 11.1 Å². The Morgan fingerprint density at radius 3 is 2.36 bits per heavy atom. The molecule has 1 saturated heterocycles. The molecule has 0 saturated carbocycles. The second-order valence-corrected chi connectivity index (χ2v) is 9.49. The summed E-state index contributed by atoms with van der Waals surface area (Å²) in [6, 6.07) is 8.66. The number of nitrogens with one attached hydrogen (secondary N) is 1. The number of nitrogens with zero attached hydrogens (tertiary/aromatic N) is 2. The Morgan fingerprint density at radius 2 is 1.67 bits per heavy atom. The van der Waals surface area contributed by atoms with Crippen LogP contribution in [-0.2, 0) is 22.7 Å². The number of hydrogen-bond acceptors (Lipinski definition) is 5. The van der Waals surface area contributed by atoms with Crippen LogP contribution in [0.5, 0.6) is 11.5 Å². The molecule has 12 heteroatoms. The quantitative estimate of drug-likeness (QED) is 0.720. The van der Waals surface area contributed by atoms with E-state index in [1.807, 2.05) is 6.07 Å². The Morgan fingerprint density at radius 1 is 0.970 bits per heavy atom. The van der Waals surface area contributed by atoms with Crippen LogP contribution in [0, 0.1) is 0 Å². The van der Waals surface area contributed by atoms with E-state index in [0.717, 1.165) is 28.1 Å². The summed E-state index contributed by atoms with van der Waals surface area (Å²) in [4.78, 5) is 13.6. The predicted octanol–water partition coefficient (Wildman–Crippen LogP) is 2.69. The number of amides is 2. The lowest BCUT2D eigenvalue weighted by atomic mass is 10.2. The number of alkyl halides is 3. The third kappa shape index (κ3) is 5.17. The fourth-order valence-corrected chi connectivity index (χ4v) is 5.07. The van der Waals surface area contributed by atoms with Crippen molar-refractivity contribution in [2.75, 3.05) is 39.4 Å². The molecule has 2 aromatic carbocycles. The first kappa shape index (κ1) is 23.2. The summed E-state index contributed by atoms with van der Waals surface area (Å²) < 4.78 is 76.5. The minimum absolute atomic E-state index is 0.0178. The van der Waals surface area contributed by atoms with Gasteiger partial charge in [-0.05, 0) is 35.9 Å². The number of benzene rings is 2. The fourth-order valence-electron chi connectivity index (χ4n) is 3.60. The average Bonchev–Trinajstić information content (AvgIpc) is 2.82. The topological polar surface area (TPSA) is 88.2 Å². The molecule has 0 unspecified atom stereocenters. The molecule has 2 aliphatic rings. The summed E-state index contributed by atoms with van der Waals surface area (Å²) in [6.45, 7) is 1.38. The molecular weight excluding hydrogens is 463 g/mol. The highest BCUT2D eigenvalue weighted by atomic mass is 32.2. The van der Waals surface area contributed by atoms with Crippen molar-refractivity contribution in [3.63, 3.8) is 0 Å². The highest BCUT2D eigenvalue weighted by molar-refractivity contribution is 7.89. The Kier molecular flexibility index (Phi) is 6.39. The summed E-state index contributed by atoms with van der Waals surface area (Å²) in [6.07, 6.45) is -4.64. The van der Waals surface area contributed by atoms with E-state index in [1.165, 1.54) is 4.90 Å². The van der Waals surface area contributed by atoms with Gasteiger partial charge in [-0.25, -0.2) is 13.2 Å². The van der Waals surface area contributed by atoms with Gasteiger partial charge in [0.25, 0.3) is 0 Å². The number of carbonyl (C=O) groups excluding carboxylic acids is 1. The van der Waals surface area contributed by atoms with Crippen LogP contribution in [0.15, 0.2) is 47.4 Å². The van der Waals surface area contributed by atoms with Crippen LogP contribution in [0.3, 0.4) is 0 Å². The van der Waals surface area contributed by atoms with Crippen molar-refractivity contribution < 1.29 is 35.9 Å². The van der Waals surface area contributed by atoms with E-state index in [-0.39, 0.29) is 38.8 Å². The first-order valence-electron chi connectivity index (χ1n) is 10.2. The molecule has 0 aliphatic carbocycles. The van der Waals surface area contributed by atoms with Gasteiger partial charge in [0.15, 0.2) is 11.5 Å². The first-order chi connectivity index (χ1) is 15.6. The highest BCUT2D eigenvalue weighted by Crippen LogP contribution is 2.32. The smallest absolute Gasteiger partial charge is 0.416 e. The maximum absolute atomic E-state index is 12.9. The van der Waals surface area contributed by atoms with E-state index in [4.69, 9.17) is 9.47 Å². The number of urea groups is 1. The van der Waals surface area contributed by atoms with Crippen LogP contribution < -0.4 is 14.8 Å². The second kappa shape index (κ2) is 9.10. The van der Waals surface area contributed by atoms with Crippen molar-refractivity contribution in [2.24, 2.45) is 0 Å².